The maximum Gasteiger partial charge on any atom is 0.0122 e. The van der Waals surface area contributed by atoms with E-state index in [1.807, 2.05) is 0 Å². The van der Waals surface area contributed by atoms with Crippen molar-refractivity contribution in [3.05, 3.63) is 0 Å². The largest absolute Gasteiger partial charge is 0.314 e. The highest BCUT2D eigenvalue weighted by molar-refractivity contribution is 4.83. The molecule has 0 saturated carbocycles. The molecule has 0 bridgehead atoms. The van der Waals surface area contributed by atoms with Crippen LogP contribution in [0.5, 0.6) is 0 Å². The van der Waals surface area contributed by atoms with Crippen molar-refractivity contribution in [2.75, 3.05) is 19.6 Å². The third kappa shape index (κ3) is 2.44. The Morgan fingerprint density at radius 3 is 2.62 bits per heavy atom. The molecule has 2 aliphatic heterocycles. The standard InChI is InChI=1S/C11H22N2/c1-10-9-11(5-6-12-10)13-7-3-2-4-8-13/h10-12H,2-9H2,1H3. The van der Waals surface area contributed by atoms with E-state index in [0.29, 0.717) is 0 Å². The van der Waals surface area contributed by atoms with E-state index in [2.05, 4.69) is 17.1 Å². The summed E-state index contributed by atoms with van der Waals surface area (Å²) in [6.07, 6.45) is 7.04. The second kappa shape index (κ2) is 4.43. The van der Waals surface area contributed by atoms with E-state index in [9.17, 15) is 0 Å². The number of hydrogen-bond donors (Lipinski definition) is 1. The lowest BCUT2D eigenvalue weighted by atomic mass is 9.97. The summed E-state index contributed by atoms with van der Waals surface area (Å²) in [5.41, 5.74) is 0. The molecule has 2 unspecified atom stereocenters. The Morgan fingerprint density at radius 1 is 1.15 bits per heavy atom. The Morgan fingerprint density at radius 2 is 1.92 bits per heavy atom. The third-order valence-corrected chi connectivity index (χ3v) is 3.50. The van der Waals surface area contributed by atoms with Crippen LogP contribution in [0.4, 0.5) is 0 Å². The zero-order valence-corrected chi connectivity index (χ0v) is 8.76. The molecule has 76 valence electrons. The maximum atomic E-state index is 3.52. The summed E-state index contributed by atoms with van der Waals surface area (Å²) in [6.45, 7) is 6.26. The average molecular weight is 182 g/mol. The van der Waals surface area contributed by atoms with Gasteiger partial charge in [-0.15, -0.1) is 0 Å². The molecule has 2 heterocycles. The molecule has 0 radical (unpaired) electrons. The summed E-state index contributed by atoms with van der Waals surface area (Å²) in [4.78, 5) is 2.72. The molecule has 2 atom stereocenters. The minimum atomic E-state index is 0.737. The van der Waals surface area contributed by atoms with E-state index in [0.717, 1.165) is 12.1 Å². The van der Waals surface area contributed by atoms with Crippen molar-refractivity contribution in [1.82, 2.24) is 10.2 Å². The van der Waals surface area contributed by atoms with Crippen LogP contribution in [0.3, 0.4) is 0 Å². The Hall–Kier alpha value is -0.0800. The summed E-state index contributed by atoms with van der Waals surface area (Å²) in [5.74, 6) is 0. The number of piperidine rings is 2. The molecular weight excluding hydrogens is 160 g/mol. The summed E-state index contributed by atoms with van der Waals surface area (Å²) < 4.78 is 0. The van der Waals surface area contributed by atoms with Crippen LogP contribution in [-0.4, -0.2) is 36.6 Å². The molecule has 2 saturated heterocycles. The van der Waals surface area contributed by atoms with Gasteiger partial charge in [-0.05, 0) is 52.2 Å². The molecule has 13 heavy (non-hydrogen) atoms. The highest BCUT2D eigenvalue weighted by atomic mass is 15.2. The van der Waals surface area contributed by atoms with Crippen LogP contribution in [0.1, 0.15) is 39.0 Å². The van der Waals surface area contributed by atoms with Crippen LogP contribution < -0.4 is 5.32 Å². The fourth-order valence-corrected chi connectivity index (χ4v) is 2.72. The molecule has 2 nitrogen and oxygen atoms in total. The smallest absolute Gasteiger partial charge is 0.0122 e. The van der Waals surface area contributed by atoms with Crippen LogP contribution in [0, 0.1) is 0 Å². The monoisotopic (exact) mass is 182 g/mol. The van der Waals surface area contributed by atoms with Gasteiger partial charge in [0.05, 0.1) is 0 Å². The van der Waals surface area contributed by atoms with Crippen molar-refractivity contribution in [3.8, 4) is 0 Å². The van der Waals surface area contributed by atoms with E-state index in [-0.39, 0.29) is 0 Å². The summed E-state index contributed by atoms with van der Waals surface area (Å²) >= 11 is 0. The SMILES string of the molecule is CC1CC(N2CCCCC2)CCN1. The summed E-state index contributed by atoms with van der Waals surface area (Å²) in [7, 11) is 0. The Labute approximate surface area is 81.7 Å². The van der Waals surface area contributed by atoms with Crippen molar-refractivity contribution >= 4 is 0 Å². The minimum absolute atomic E-state index is 0.737. The topological polar surface area (TPSA) is 15.3 Å². The molecule has 0 aromatic heterocycles. The number of nitrogens with one attached hydrogen (secondary N) is 1. The second-order valence-corrected chi connectivity index (χ2v) is 4.63. The van der Waals surface area contributed by atoms with Gasteiger partial charge in [-0.2, -0.15) is 0 Å². The van der Waals surface area contributed by atoms with Gasteiger partial charge in [-0.1, -0.05) is 6.42 Å². The first-order chi connectivity index (χ1) is 6.36. The first-order valence-electron chi connectivity index (χ1n) is 5.83. The van der Waals surface area contributed by atoms with E-state index >= 15 is 0 Å². The molecule has 2 aliphatic rings. The van der Waals surface area contributed by atoms with Crippen LogP contribution in [0.15, 0.2) is 0 Å². The lowest BCUT2D eigenvalue weighted by Crippen LogP contribution is -2.48. The van der Waals surface area contributed by atoms with Gasteiger partial charge in [0, 0.05) is 12.1 Å². The molecule has 2 rings (SSSR count). The van der Waals surface area contributed by atoms with E-state index in [1.54, 1.807) is 0 Å². The fourth-order valence-electron chi connectivity index (χ4n) is 2.72. The van der Waals surface area contributed by atoms with Crippen LogP contribution in [0.2, 0.25) is 0 Å². The Bertz CT molecular complexity index is 152. The van der Waals surface area contributed by atoms with Gasteiger partial charge in [0.25, 0.3) is 0 Å². The molecule has 0 aromatic carbocycles. The van der Waals surface area contributed by atoms with E-state index in [1.165, 1.54) is 51.7 Å². The lowest BCUT2D eigenvalue weighted by molar-refractivity contribution is 0.123. The van der Waals surface area contributed by atoms with E-state index in [4.69, 9.17) is 0 Å². The van der Waals surface area contributed by atoms with Crippen molar-refractivity contribution < 1.29 is 0 Å². The number of rotatable bonds is 1. The van der Waals surface area contributed by atoms with Crippen LogP contribution in [0.25, 0.3) is 0 Å². The number of hydrogen-bond acceptors (Lipinski definition) is 2. The third-order valence-electron chi connectivity index (χ3n) is 3.50. The molecule has 0 spiro atoms. The molecule has 1 N–H and O–H groups in total. The zero-order valence-electron chi connectivity index (χ0n) is 8.76. The lowest BCUT2D eigenvalue weighted by Gasteiger charge is -2.39. The number of likely N-dealkylation sites (tertiary alicyclic amines) is 1. The Balaban J connectivity index is 1.83. The molecule has 0 aromatic rings. The van der Waals surface area contributed by atoms with Crippen LogP contribution in [-0.2, 0) is 0 Å². The van der Waals surface area contributed by atoms with Gasteiger partial charge < -0.3 is 10.2 Å². The normalized spacial score (nSPS) is 37.6. The van der Waals surface area contributed by atoms with Gasteiger partial charge in [0.2, 0.25) is 0 Å². The van der Waals surface area contributed by atoms with Crippen LogP contribution >= 0.6 is 0 Å². The molecule has 2 fully saturated rings. The molecule has 2 heteroatoms. The predicted octanol–water partition coefficient (Wildman–Crippen LogP) is 1.61. The van der Waals surface area contributed by atoms with Crippen molar-refractivity contribution in [2.24, 2.45) is 0 Å². The number of nitrogens with zero attached hydrogens (tertiary/aromatic N) is 1. The average Bonchev–Trinajstić information content (AvgIpc) is 2.19. The van der Waals surface area contributed by atoms with Crippen molar-refractivity contribution in [2.45, 2.75) is 51.1 Å². The van der Waals surface area contributed by atoms with Gasteiger partial charge in [0.15, 0.2) is 0 Å². The first-order valence-corrected chi connectivity index (χ1v) is 5.83. The van der Waals surface area contributed by atoms with Gasteiger partial charge in [-0.25, -0.2) is 0 Å². The first kappa shape index (κ1) is 9.47. The minimum Gasteiger partial charge on any atom is -0.314 e. The second-order valence-electron chi connectivity index (χ2n) is 4.63. The van der Waals surface area contributed by atoms with E-state index < -0.39 is 0 Å². The molecular formula is C11H22N2. The highest BCUT2D eigenvalue weighted by Crippen LogP contribution is 2.19. The zero-order chi connectivity index (χ0) is 9.10. The molecule has 0 aliphatic carbocycles. The van der Waals surface area contributed by atoms with Crippen molar-refractivity contribution in [1.29, 1.82) is 0 Å². The highest BCUT2D eigenvalue weighted by Gasteiger charge is 2.24. The van der Waals surface area contributed by atoms with Gasteiger partial charge in [-0.3, -0.25) is 0 Å². The summed E-state index contributed by atoms with van der Waals surface area (Å²) in [6, 6.07) is 1.62. The quantitative estimate of drug-likeness (QED) is 0.663. The molecule has 0 amide bonds. The van der Waals surface area contributed by atoms with Gasteiger partial charge in [0.1, 0.15) is 0 Å². The maximum absolute atomic E-state index is 3.52. The van der Waals surface area contributed by atoms with Gasteiger partial charge >= 0.3 is 0 Å². The summed E-state index contributed by atoms with van der Waals surface area (Å²) in [5, 5.41) is 3.52. The van der Waals surface area contributed by atoms with Crippen molar-refractivity contribution in [3.63, 3.8) is 0 Å². The predicted molar refractivity (Wildman–Crippen MR) is 55.9 cm³/mol. The fraction of sp³-hybridized carbons (Fsp3) is 1.00. The Kier molecular flexibility index (Phi) is 3.23.